The molecule has 19 nitrogen and oxygen atoms in total. The summed E-state index contributed by atoms with van der Waals surface area (Å²) in [6.45, 7) is 0. The quantitative estimate of drug-likeness (QED) is 0.111. The molecule has 0 spiro atoms. The standard InChI is InChI=1S/C6H10O5.2C6H10O4.C6H8O4.C6H6O2/c7-2-1-3(8)5(10)6(11)4(2)9;3*7-3-1-2-4(8)6(10)5(3)9;7-5-3-1-2-4-6(5)8/h2,4-7,9-11H,1H2;2*3,5-7,9-10H,1-2H2;1-3,5-7,9-10H;1-4,7-8H/t2-,4+,5-,6-;3*3-,5+,6+;/m1000./s1. The molecule has 49 heavy (non-hydrogen) atoms. The van der Waals surface area contributed by atoms with E-state index in [2.05, 4.69) is 0 Å². The summed E-state index contributed by atoms with van der Waals surface area (Å²) >= 11 is 0. The van der Waals surface area contributed by atoms with E-state index in [-0.39, 0.29) is 43.6 Å². The van der Waals surface area contributed by atoms with Crippen LogP contribution in [0.25, 0.3) is 0 Å². The fourth-order valence-electron chi connectivity index (χ4n) is 4.30. The van der Waals surface area contributed by atoms with Gasteiger partial charge in [0, 0.05) is 19.3 Å². The van der Waals surface area contributed by atoms with E-state index in [9.17, 15) is 19.2 Å². The third-order valence-electron chi connectivity index (χ3n) is 7.58. The largest absolute Gasteiger partial charge is 0.504 e. The number of hydrogen-bond acceptors (Lipinski definition) is 19. The average molecular weight is 709 g/mol. The molecule has 13 atom stereocenters. The number of benzene rings is 1. The Bertz CT molecular complexity index is 1200. The van der Waals surface area contributed by atoms with E-state index < -0.39 is 102 Å². The lowest BCUT2D eigenvalue weighted by atomic mass is 9.89. The molecule has 1 aromatic carbocycles. The van der Waals surface area contributed by atoms with Gasteiger partial charge in [0.25, 0.3) is 0 Å². The van der Waals surface area contributed by atoms with E-state index in [1.165, 1.54) is 12.1 Å². The van der Waals surface area contributed by atoms with Crippen LogP contribution in [0.1, 0.15) is 32.1 Å². The molecule has 15 N–H and O–H groups in total. The maximum atomic E-state index is 10.7. The Balaban J connectivity index is 0.000000307. The van der Waals surface area contributed by atoms with Crippen LogP contribution in [0, 0.1) is 0 Å². The lowest BCUT2D eigenvalue weighted by molar-refractivity contribution is -0.162. The van der Waals surface area contributed by atoms with Gasteiger partial charge in [0.05, 0.1) is 18.3 Å². The van der Waals surface area contributed by atoms with Crippen molar-refractivity contribution in [1.29, 1.82) is 0 Å². The molecule has 4 aliphatic carbocycles. The van der Waals surface area contributed by atoms with Crippen molar-refractivity contribution in [3.63, 3.8) is 0 Å². The first kappa shape index (κ1) is 43.7. The van der Waals surface area contributed by atoms with Crippen molar-refractivity contribution >= 4 is 23.1 Å². The first-order valence-electron chi connectivity index (χ1n) is 14.8. The van der Waals surface area contributed by atoms with E-state index >= 15 is 0 Å². The lowest BCUT2D eigenvalue weighted by Gasteiger charge is -2.30. The summed E-state index contributed by atoms with van der Waals surface area (Å²) in [5, 5.41) is 133. The van der Waals surface area contributed by atoms with Crippen LogP contribution in [-0.2, 0) is 19.2 Å². The first-order valence-corrected chi connectivity index (χ1v) is 14.8. The zero-order valence-corrected chi connectivity index (χ0v) is 25.8. The number of phenols is 2. The Morgan fingerprint density at radius 2 is 0.878 bits per heavy atom. The summed E-state index contributed by atoms with van der Waals surface area (Å²) in [5.41, 5.74) is 0. The molecule has 5 rings (SSSR count). The molecule has 0 unspecified atom stereocenters. The van der Waals surface area contributed by atoms with Gasteiger partial charge in [-0.2, -0.15) is 0 Å². The number of phenolic OH excluding ortho intramolecular Hbond substituents is 2. The molecule has 19 heteroatoms. The number of hydrogen-bond donors (Lipinski definition) is 15. The van der Waals surface area contributed by atoms with Gasteiger partial charge in [-0.05, 0) is 37.1 Å². The van der Waals surface area contributed by atoms with Crippen molar-refractivity contribution in [1.82, 2.24) is 0 Å². The summed E-state index contributed by atoms with van der Waals surface area (Å²) in [6.07, 6.45) is -14.3. The molecule has 4 aliphatic rings. The molecule has 0 aromatic heterocycles. The molecule has 278 valence electrons. The van der Waals surface area contributed by atoms with Crippen LogP contribution >= 0.6 is 0 Å². The molecule has 3 fully saturated rings. The molecule has 0 amide bonds. The smallest absolute Gasteiger partial charge is 0.186 e. The number of carbonyl (C=O) groups excluding carboxylic acids is 4. The summed E-state index contributed by atoms with van der Waals surface area (Å²) in [4.78, 5) is 42.5. The van der Waals surface area contributed by atoms with Gasteiger partial charge in [-0.15, -0.1) is 0 Å². The predicted octanol–water partition coefficient (Wildman–Crippen LogP) is -6.43. The number of carbonyl (C=O) groups is 4. The second-order valence-electron chi connectivity index (χ2n) is 11.4. The Hall–Kier alpha value is -3.28. The van der Waals surface area contributed by atoms with Crippen LogP contribution in [0.2, 0.25) is 0 Å². The van der Waals surface area contributed by atoms with Gasteiger partial charge >= 0.3 is 0 Å². The van der Waals surface area contributed by atoms with Crippen molar-refractivity contribution in [2.45, 2.75) is 111 Å². The summed E-state index contributed by atoms with van der Waals surface area (Å²) < 4.78 is 0. The van der Waals surface area contributed by atoms with Crippen LogP contribution < -0.4 is 0 Å². The topological polar surface area (TPSA) is 372 Å². The maximum absolute atomic E-state index is 10.7. The predicted molar refractivity (Wildman–Crippen MR) is 160 cm³/mol. The normalized spacial score (nSPS) is 37.1. The number of aliphatic hydroxyl groups is 13. The molecule has 0 radical (unpaired) electrons. The van der Waals surface area contributed by atoms with Gasteiger partial charge in [0.2, 0.25) is 0 Å². The molecule has 1 aromatic rings. The Morgan fingerprint density at radius 3 is 1.24 bits per heavy atom. The minimum atomic E-state index is -1.56. The zero-order valence-electron chi connectivity index (χ0n) is 25.8. The van der Waals surface area contributed by atoms with Crippen molar-refractivity contribution in [2.24, 2.45) is 0 Å². The van der Waals surface area contributed by atoms with Crippen LogP contribution in [0.5, 0.6) is 11.5 Å². The van der Waals surface area contributed by atoms with E-state index in [4.69, 9.17) is 76.6 Å². The number of para-hydroxylation sites is 2. The van der Waals surface area contributed by atoms with E-state index in [1.54, 1.807) is 12.1 Å². The molecular formula is C30H44O19. The van der Waals surface area contributed by atoms with Gasteiger partial charge < -0.3 is 76.6 Å². The Kier molecular flexibility index (Phi) is 18.2. The van der Waals surface area contributed by atoms with Crippen LogP contribution in [0.4, 0.5) is 0 Å². The van der Waals surface area contributed by atoms with Gasteiger partial charge in [-0.25, -0.2) is 0 Å². The van der Waals surface area contributed by atoms with Crippen LogP contribution in [-0.4, -0.2) is 179 Å². The van der Waals surface area contributed by atoms with Gasteiger partial charge in [-0.3, -0.25) is 19.2 Å². The number of aromatic hydroxyl groups is 2. The Labute approximate surface area is 278 Å². The van der Waals surface area contributed by atoms with Crippen molar-refractivity contribution in [3.8, 4) is 11.5 Å². The molecule has 3 saturated carbocycles. The SMILES string of the molecule is O=C1C=C[C@H](O)[C@@H](O)[C@@H]1O.O=C1CC[C@H](O)[C@@H](O)[C@@H]1O.O=C1CC[C@H](O)[C@@H](O)[C@@H]1O.O=C1C[C@@H](O)[C@H](O)[C@@H](O)[C@@H]1O.Oc1ccccc1O. The third kappa shape index (κ3) is 13.2. The molecule has 0 bridgehead atoms. The number of rotatable bonds is 0. The monoisotopic (exact) mass is 708 g/mol. The fourth-order valence-corrected chi connectivity index (χ4v) is 4.30. The highest BCUT2D eigenvalue weighted by molar-refractivity contribution is 5.95. The van der Waals surface area contributed by atoms with E-state index in [1.807, 2.05) is 0 Å². The minimum Gasteiger partial charge on any atom is -0.504 e. The molecular weight excluding hydrogens is 664 g/mol. The molecule has 0 aliphatic heterocycles. The van der Waals surface area contributed by atoms with Crippen molar-refractivity contribution in [2.75, 3.05) is 0 Å². The van der Waals surface area contributed by atoms with Gasteiger partial charge in [0.15, 0.2) is 34.6 Å². The number of aliphatic hydroxyl groups excluding tert-OH is 13. The minimum absolute atomic E-state index is 0.0764. The first-order chi connectivity index (χ1) is 22.7. The van der Waals surface area contributed by atoms with Crippen molar-refractivity contribution in [3.05, 3.63) is 36.4 Å². The number of Topliss-reactive ketones (excluding diaryl/α,β-unsaturated/α-hetero) is 3. The highest BCUT2D eigenvalue weighted by atomic mass is 16.4. The molecule has 0 saturated heterocycles. The van der Waals surface area contributed by atoms with Gasteiger partial charge in [-0.1, -0.05) is 12.1 Å². The second kappa shape index (κ2) is 20.4. The molecule has 0 heterocycles. The maximum Gasteiger partial charge on any atom is 0.186 e. The van der Waals surface area contributed by atoms with E-state index in [0.717, 1.165) is 12.2 Å². The highest BCUT2D eigenvalue weighted by Crippen LogP contribution is 2.21. The fraction of sp³-hybridized carbons (Fsp3) is 0.600. The van der Waals surface area contributed by atoms with Crippen molar-refractivity contribution < 1.29 is 95.8 Å². The summed E-state index contributed by atoms with van der Waals surface area (Å²) in [6, 6.07) is 6.15. The van der Waals surface area contributed by atoms with E-state index in [0.29, 0.717) is 0 Å². The average Bonchev–Trinajstić information content (AvgIpc) is 3.08. The summed E-state index contributed by atoms with van der Waals surface area (Å²) in [7, 11) is 0. The number of ketones is 4. The third-order valence-corrected chi connectivity index (χ3v) is 7.58. The highest BCUT2D eigenvalue weighted by Gasteiger charge is 2.41. The Morgan fingerprint density at radius 1 is 0.469 bits per heavy atom. The summed E-state index contributed by atoms with van der Waals surface area (Å²) in [5.74, 6) is -2.15. The van der Waals surface area contributed by atoms with Gasteiger partial charge in [0.1, 0.15) is 61.0 Å². The zero-order chi connectivity index (χ0) is 37.7. The van der Waals surface area contributed by atoms with Crippen LogP contribution in [0.15, 0.2) is 36.4 Å². The lowest BCUT2D eigenvalue weighted by Crippen LogP contribution is -2.53. The van der Waals surface area contributed by atoms with Crippen LogP contribution in [0.3, 0.4) is 0 Å². The second-order valence-corrected chi connectivity index (χ2v) is 11.4.